The van der Waals surface area contributed by atoms with Gasteiger partial charge in [-0.05, 0) is 17.7 Å². The number of hydrogen-bond acceptors (Lipinski definition) is 5. The predicted octanol–water partition coefficient (Wildman–Crippen LogP) is 1.44. The van der Waals surface area contributed by atoms with Gasteiger partial charge in [0.1, 0.15) is 0 Å². The van der Waals surface area contributed by atoms with Gasteiger partial charge in [0.2, 0.25) is 0 Å². The Balaban J connectivity index is 1.62. The Kier molecular flexibility index (Phi) is 6.92. The molecule has 8 nitrogen and oxygen atoms in total. The molecule has 0 radical (unpaired) electrons. The van der Waals surface area contributed by atoms with E-state index in [1.165, 1.54) is 24.1 Å². The number of rotatable bonds is 6. The highest BCUT2D eigenvalue weighted by molar-refractivity contribution is 5.99. The minimum Gasteiger partial charge on any atom is -0.465 e. The molecule has 0 spiro atoms. The first-order chi connectivity index (χ1) is 14.5. The number of methoxy groups -OCH3 is 1. The van der Waals surface area contributed by atoms with Gasteiger partial charge in [-0.15, -0.1) is 0 Å². The lowest BCUT2D eigenvalue weighted by Gasteiger charge is -2.31. The molecule has 2 aromatic rings. The quantitative estimate of drug-likeness (QED) is 0.442. The molecule has 0 aliphatic carbocycles. The number of esters is 1. The summed E-state index contributed by atoms with van der Waals surface area (Å²) in [6, 6.07) is 13.7. The molecule has 1 amide bonds. The van der Waals surface area contributed by atoms with E-state index in [2.05, 4.69) is 16.9 Å². The van der Waals surface area contributed by atoms with E-state index in [0.717, 1.165) is 31.3 Å². The molecule has 2 aromatic carbocycles. The predicted molar refractivity (Wildman–Crippen MR) is 111 cm³/mol. The van der Waals surface area contributed by atoms with E-state index < -0.39 is 10.9 Å². The summed E-state index contributed by atoms with van der Waals surface area (Å²) in [5.41, 5.74) is 0.955. The van der Waals surface area contributed by atoms with Crippen LogP contribution in [-0.4, -0.2) is 61.5 Å². The van der Waals surface area contributed by atoms with Gasteiger partial charge in [-0.25, -0.2) is 4.79 Å². The summed E-state index contributed by atoms with van der Waals surface area (Å²) in [7, 11) is 1.19. The number of nitrogens with zero attached hydrogens (tertiary/aromatic N) is 2. The van der Waals surface area contributed by atoms with E-state index in [1.807, 2.05) is 30.3 Å². The number of quaternary nitrogens is 1. The van der Waals surface area contributed by atoms with Crippen LogP contribution < -0.4 is 4.90 Å². The van der Waals surface area contributed by atoms with Gasteiger partial charge < -0.3 is 14.5 Å². The zero-order valence-corrected chi connectivity index (χ0v) is 16.7. The summed E-state index contributed by atoms with van der Waals surface area (Å²) in [6.45, 7) is 3.51. The van der Waals surface area contributed by atoms with Gasteiger partial charge in [0, 0.05) is 17.7 Å². The first-order valence-corrected chi connectivity index (χ1v) is 9.70. The smallest absolute Gasteiger partial charge is 0.338 e. The third kappa shape index (κ3) is 5.30. The van der Waals surface area contributed by atoms with E-state index in [9.17, 15) is 19.7 Å². The minimum absolute atomic E-state index is 0.00893. The second-order valence-electron chi connectivity index (χ2n) is 7.08. The Morgan fingerprint density at radius 2 is 1.80 bits per heavy atom. The molecule has 0 unspecified atom stereocenters. The van der Waals surface area contributed by atoms with Crippen molar-refractivity contribution in [2.75, 3.05) is 39.8 Å². The number of amides is 1. The van der Waals surface area contributed by atoms with Gasteiger partial charge in [-0.1, -0.05) is 36.4 Å². The summed E-state index contributed by atoms with van der Waals surface area (Å²) in [5.74, 6) is -1.03. The summed E-state index contributed by atoms with van der Waals surface area (Å²) in [6.07, 6.45) is 4.22. The maximum atomic E-state index is 12.9. The first kappa shape index (κ1) is 21.2. The van der Waals surface area contributed by atoms with Gasteiger partial charge in [-0.3, -0.25) is 14.9 Å². The van der Waals surface area contributed by atoms with Crippen LogP contribution >= 0.6 is 0 Å². The van der Waals surface area contributed by atoms with Gasteiger partial charge in [0.05, 0.1) is 50.3 Å². The molecule has 1 saturated heterocycles. The molecule has 1 aliphatic heterocycles. The fourth-order valence-electron chi connectivity index (χ4n) is 3.41. The van der Waals surface area contributed by atoms with Crippen molar-refractivity contribution in [3.8, 4) is 0 Å². The maximum absolute atomic E-state index is 12.9. The van der Waals surface area contributed by atoms with E-state index in [0.29, 0.717) is 13.1 Å². The molecule has 0 bridgehead atoms. The SMILES string of the molecule is COC(=O)c1cc(C(=O)N2CC[NH+](C/C=C/c3ccccc3)CC2)cc([N+](=O)[O-])c1. The van der Waals surface area contributed by atoms with E-state index in [4.69, 9.17) is 0 Å². The maximum Gasteiger partial charge on any atom is 0.338 e. The highest BCUT2D eigenvalue weighted by Gasteiger charge is 2.26. The van der Waals surface area contributed by atoms with Crippen LogP contribution in [0.4, 0.5) is 5.69 Å². The Hall–Kier alpha value is -3.52. The molecule has 1 aliphatic rings. The van der Waals surface area contributed by atoms with Crippen LogP contribution in [0, 0.1) is 10.1 Å². The monoisotopic (exact) mass is 410 g/mol. The Labute approximate surface area is 174 Å². The van der Waals surface area contributed by atoms with Crippen LogP contribution in [-0.2, 0) is 4.74 Å². The summed E-state index contributed by atoms with van der Waals surface area (Å²) < 4.78 is 4.64. The van der Waals surface area contributed by atoms with Crippen LogP contribution in [0.25, 0.3) is 6.08 Å². The molecular formula is C22H24N3O5+. The highest BCUT2D eigenvalue weighted by Crippen LogP contribution is 2.19. The first-order valence-electron chi connectivity index (χ1n) is 9.70. The number of benzene rings is 2. The lowest BCUT2D eigenvalue weighted by atomic mass is 10.1. The van der Waals surface area contributed by atoms with Crippen molar-refractivity contribution in [3.63, 3.8) is 0 Å². The second kappa shape index (κ2) is 9.80. The molecule has 0 saturated carbocycles. The Morgan fingerprint density at radius 3 is 2.43 bits per heavy atom. The van der Waals surface area contributed by atoms with Crippen molar-refractivity contribution in [3.05, 3.63) is 81.4 Å². The molecule has 30 heavy (non-hydrogen) atoms. The van der Waals surface area contributed by atoms with Crippen molar-refractivity contribution < 1.29 is 24.1 Å². The second-order valence-corrected chi connectivity index (χ2v) is 7.08. The third-order valence-electron chi connectivity index (χ3n) is 5.07. The molecule has 0 atom stereocenters. The number of nitro groups is 1. The van der Waals surface area contributed by atoms with Gasteiger partial charge in [-0.2, -0.15) is 0 Å². The molecule has 8 heteroatoms. The van der Waals surface area contributed by atoms with E-state index >= 15 is 0 Å². The number of nitrogens with one attached hydrogen (secondary N) is 1. The van der Waals surface area contributed by atoms with Crippen LogP contribution in [0.1, 0.15) is 26.3 Å². The van der Waals surface area contributed by atoms with Crippen LogP contribution in [0.3, 0.4) is 0 Å². The van der Waals surface area contributed by atoms with Gasteiger partial charge >= 0.3 is 5.97 Å². The number of carbonyl (C=O) groups excluding carboxylic acids is 2. The fraction of sp³-hybridized carbons (Fsp3) is 0.273. The number of piperazine rings is 1. The average molecular weight is 410 g/mol. The third-order valence-corrected chi connectivity index (χ3v) is 5.07. The van der Waals surface area contributed by atoms with Crippen LogP contribution in [0.15, 0.2) is 54.6 Å². The molecule has 156 valence electrons. The zero-order chi connectivity index (χ0) is 21.5. The molecule has 1 fully saturated rings. The minimum atomic E-state index is -0.716. The molecule has 0 aromatic heterocycles. The van der Waals surface area contributed by atoms with Gasteiger partial charge in [0.15, 0.2) is 0 Å². The van der Waals surface area contributed by atoms with Gasteiger partial charge in [0.25, 0.3) is 11.6 Å². The number of nitro benzene ring substituents is 1. The summed E-state index contributed by atoms with van der Waals surface area (Å²) in [4.78, 5) is 38.3. The molecule has 1 heterocycles. The standard InChI is InChI=1S/C22H23N3O5/c1-30-22(27)19-14-18(15-20(16-19)25(28)29)21(26)24-12-10-23(11-13-24)9-5-8-17-6-3-2-4-7-17/h2-8,14-16H,9-13H2,1H3/p+1/b8-5+. The Morgan fingerprint density at radius 1 is 1.13 bits per heavy atom. The number of hydrogen-bond donors (Lipinski definition) is 1. The largest absolute Gasteiger partial charge is 0.465 e. The van der Waals surface area contributed by atoms with Crippen molar-refractivity contribution in [2.24, 2.45) is 0 Å². The normalized spacial score (nSPS) is 14.6. The van der Waals surface area contributed by atoms with Crippen LogP contribution in [0.5, 0.6) is 0 Å². The summed E-state index contributed by atoms with van der Waals surface area (Å²) >= 11 is 0. The number of ether oxygens (including phenoxy) is 1. The van der Waals surface area contributed by atoms with Crippen molar-refractivity contribution in [1.82, 2.24) is 4.90 Å². The van der Waals surface area contributed by atoms with E-state index in [1.54, 1.807) is 4.90 Å². The van der Waals surface area contributed by atoms with E-state index in [-0.39, 0.29) is 22.7 Å². The van der Waals surface area contributed by atoms with Crippen molar-refractivity contribution >= 4 is 23.6 Å². The molecule has 1 N–H and O–H groups in total. The highest BCUT2D eigenvalue weighted by atomic mass is 16.6. The molecular weight excluding hydrogens is 386 g/mol. The lowest BCUT2D eigenvalue weighted by Crippen LogP contribution is -3.14. The number of non-ortho nitro benzene ring substituents is 1. The fourth-order valence-corrected chi connectivity index (χ4v) is 3.41. The van der Waals surface area contributed by atoms with Crippen LogP contribution in [0.2, 0.25) is 0 Å². The van der Waals surface area contributed by atoms with Crippen molar-refractivity contribution in [1.29, 1.82) is 0 Å². The average Bonchev–Trinajstić information content (AvgIpc) is 2.79. The topological polar surface area (TPSA) is 94.2 Å². The summed E-state index contributed by atoms with van der Waals surface area (Å²) in [5, 5.41) is 11.2. The Bertz CT molecular complexity index is 951. The zero-order valence-electron chi connectivity index (χ0n) is 16.7. The van der Waals surface area contributed by atoms with Crippen molar-refractivity contribution in [2.45, 2.75) is 0 Å². The number of carbonyl (C=O) groups is 2. The lowest BCUT2D eigenvalue weighted by molar-refractivity contribution is -0.898. The molecule has 3 rings (SSSR count).